The normalized spacial score (nSPS) is 19.6. The number of carbonyl (C=O) groups is 1. The van der Waals surface area contributed by atoms with Crippen molar-refractivity contribution in [3.63, 3.8) is 0 Å². The number of ether oxygens (including phenoxy) is 1. The van der Waals surface area contributed by atoms with Crippen LogP contribution in [0.3, 0.4) is 0 Å². The van der Waals surface area contributed by atoms with E-state index in [4.69, 9.17) is 10.5 Å². The summed E-state index contributed by atoms with van der Waals surface area (Å²) in [6.07, 6.45) is -0.0140. The molecule has 2 rings (SSSR count). The molecule has 5 heteroatoms. The Bertz CT molecular complexity index is 437. The number of halogens is 1. The van der Waals surface area contributed by atoms with E-state index in [1.807, 2.05) is 0 Å². The minimum Gasteiger partial charge on any atom is -0.444 e. The molecule has 4 nitrogen and oxygen atoms in total. The maximum atomic E-state index is 13.4. The van der Waals surface area contributed by atoms with Gasteiger partial charge in [0.2, 0.25) is 0 Å². The summed E-state index contributed by atoms with van der Waals surface area (Å²) < 4.78 is 18.5. The predicted octanol–water partition coefficient (Wildman–Crippen LogP) is 1.81. The summed E-state index contributed by atoms with van der Waals surface area (Å²) in [5.41, 5.74) is 6.49. The largest absolute Gasteiger partial charge is 0.444 e. The van der Waals surface area contributed by atoms with E-state index in [0.717, 1.165) is 0 Å². The Morgan fingerprint density at radius 3 is 3.00 bits per heavy atom. The van der Waals surface area contributed by atoms with Crippen molar-refractivity contribution < 1.29 is 13.9 Å². The summed E-state index contributed by atoms with van der Waals surface area (Å²) in [5, 5.41) is 0. The Labute approximate surface area is 99.2 Å². The Morgan fingerprint density at radius 1 is 1.59 bits per heavy atom. The lowest BCUT2D eigenvalue weighted by molar-refractivity contribution is 0.138. The van der Waals surface area contributed by atoms with Gasteiger partial charge < -0.3 is 10.5 Å². The number of hydrogen-bond donors (Lipinski definition) is 1. The van der Waals surface area contributed by atoms with E-state index in [1.165, 1.54) is 11.0 Å². The molecular weight excluding hydrogens is 223 g/mol. The topological polar surface area (TPSA) is 55.6 Å². The standard InChI is InChI=1S/C12H15FN2O2/c1-8-2-3-9(6-11(8)13)15-7-10(4-5-14)17-12(15)16/h2-3,6,10H,4-5,7,14H2,1H3/t10-/m0/s1. The quantitative estimate of drug-likeness (QED) is 0.873. The highest BCUT2D eigenvalue weighted by atomic mass is 19.1. The molecule has 1 aromatic rings. The van der Waals surface area contributed by atoms with E-state index in [2.05, 4.69) is 0 Å². The van der Waals surface area contributed by atoms with Crippen LogP contribution in [-0.2, 0) is 4.74 Å². The van der Waals surface area contributed by atoms with Crippen LogP contribution in [0.15, 0.2) is 18.2 Å². The van der Waals surface area contributed by atoms with Crippen LogP contribution >= 0.6 is 0 Å². The zero-order valence-corrected chi connectivity index (χ0v) is 9.65. The number of benzene rings is 1. The van der Waals surface area contributed by atoms with Crippen LogP contribution in [0.1, 0.15) is 12.0 Å². The highest BCUT2D eigenvalue weighted by Crippen LogP contribution is 2.24. The molecule has 0 spiro atoms. The molecular formula is C12H15FN2O2. The number of hydrogen-bond acceptors (Lipinski definition) is 3. The van der Waals surface area contributed by atoms with Gasteiger partial charge in [-0.25, -0.2) is 9.18 Å². The van der Waals surface area contributed by atoms with Crippen LogP contribution < -0.4 is 10.6 Å². The summed E-state index contributed by atoms with van der Waals surface area (Å²) in [6, 6.07) is 4.71. The molecule has 0 radical (unpaired) electrons. The van der Waals surface area contributed by atoms with Gasteiger partial charge in [-0.3, -0.25) is 4.90 Å². The average molecular weight is 238 g/mol. The first-order valence-electron chi connectivity index (χ1n) is 5.56. The first-order chi connectivity index (χ1) is 8.11. The molecule has 1 aliphatic heterocycles. The number of cyclic esters (lactones) is 1. The lowest BCUT2D eigenvalue weighted by Gasteiger charge is -2.13. The summed E-state index contributed by atoms with van der Waals surface area (Å²) in [4.78, 5) is 13.0. The average Bonchev–Trinajstić information content (AvgIpc) is 2.64. The lowest BCUT2D eigenvalue weighted by atomic mass is 10.2. The van der Waals surface area contributed by atoms with E-state index in [-0.39, 0.29) is 11.9 Å². The molecule has 1 fully saturated rings. The lowest BCUT2D eigenvalue weighted by Crippen LogP contribution is -2.25. The van der Waals surface area contributed by atoms with Crippen LogP contribution in [0, 0.1) is 12.7 Å². The number of aryl methyl sites for hydroxylation is 1. The van der Waals surface area contributed by atoms with Crippen molar-refractivity contribution in [3.05, 3.63) is 29.6 Å². The van der Waals surface area contributed by atoms with Gasteiger partial charge in [0.1, 0.15) is 11.9 Å². The fourth-order valence-corrected chi connectivity index (χ4v) is 1.82. The fraction of sp³-hybridized carbons (Fsp3) is 0.417. The van der Waals surface area contributed by atoms with Crippen molar-refractivity contribution in [1.29, 1.82) is 0 Å². The molecule has 1 aromatic carbocycles. The number of amides is 1. The monoisotopic (exact) mass is 238 g/mol. The summed E-state index contributed by atoms with van der Waals surface area (Å²) in [6.45, 7) is 2.57. The summed E-state index contributed by atoms with van der Waals surface area (Å²) in [7, 11) is 0. The first kappa shape index (κ1) is 11.9. The van der Waals surface area contributed by atoms with Crippen molar-refractivity contribution >= 4 is 11.8 Å². The van der Waals surface area contributed by atoms with E-state index < -0.39 is 6.09 Å². The number of carbonyl (C=O) groups excluding carboxylic acids is 1. The molecule has 0 unspecified atom stereocenters. The van der Waals surface area contributed by atoms with Crippen LogP contribution in [0.2, 0.25) is 0 Å². The second kappa shape index (κ2) is 4.71. The first-order valence-corrected chi connectivity index (χ1v) is 5.56. The van der Waals surface area contributed by atoms with Crippen LogP contribution in [-0.4, -0.2) is 25.3 Å². The van der Waals surface area contributed by atoms with Crippen molar-refractivity contribution in [2.24, 2.45) is 5.73 Å². The van der Waals surface area contributed by atoms with E-state index in [1.54, 1.807) is 19.1 Å². The third-order valence-electron chi connectivity index (χ3n) is 2.83. The minimum absolute atomic E-state index is 0.197. The Hall–Kier alpha value is -1.62. The van der Waals surface area contributed by atoms with Gasteiger partial charge in [0.25, 0.3) is 0 Å². The Morgan fingerprint density at radius 2 is 2.35 bits per heavy atom. The van der Waals surface area contributed by atoms with Gasteiger partial charge in [0.05, 0.1) is 12.2 Å². The minimum atomic E-state index is -0.438. The third kappa shape index (κ3) is 2.39. The number of nitrogens with zero attached hydrogens (tertiary/aromatic N) is 1. The molecule has 1 aliphatic rings. The van der Waals surface area contributed by atoms with Gasteiger partial charge in [-0.2, -0.15) is 0 Å². The highest BCUT2D eigenvalue weighted by molar-refractivity contribution is 5.89. The molecule has 1 heterocycles. The number of nitrogens with two attached hydrogens (primary N) is 1. The van der Waals surface area contributed by atoms with Crippen molar-refractivity contribution in [1.82, 2.24) is 0 Å². The molecule has 0 bridgehead atoms. The second-order valence-electron chi connectivity index (χ2n) is 4.13. The molecule has 17 heavy (non-hydrogen) atoms. The predicted molar refractivity (Wildman–Crippen MR) is 62.4 cm³/mol. The number of anilines is 1. The molecule has 2 N–H and O–H groups in total. The van der Waals surface area contributed by atoms with Crippen molar-refractivity contribution in [2.75, 3.05) is 18.0 Å². The molecule has 0 aromatic heterocycles. The maximum absolute atomic E-state index is 13.4. The smallest absolute Gasteiger partial charge is 0.414 e. The van der Waals surface area contributed by atoms with Gasteiger partial charge in [-0.1, -0.05) is 6.07 Å². The maximum Gasteiger partial charge on any atom is 0.414 e. The van der Waals surface area contributed by atoms with E-state index in [9.17, 15) is 9.18 Å². The molecule has 0 saturated carbocycles. The Kier molecular flexibility index (Phi) is 3.28. The molecule has 0 aliphatic carbocycles. The van der Waals surface area contributed by atoms with Crippen LogP contribution in [0.25, 0.3) is 0 Å². The second-order valence-corrected chi connectivity index (χ2v) is 4.13. The fourth-order valence-electron chi connectivity index (χ4n) is 1.82. The van der Waals surface area contributed by atoms with Gasteiger partial charge >= 0.3 is 6.09 Å². The molecule has 1 amide bonds. The van der Waals surface area contributed by atoms with Crippen LogP contribution in [0.5, 0.6) is 0 Å². The molecule has 1 saturated heterocycles. The summed E-state index contributed by atoms with van der Waals surface area (Å²) in [5.74, 6) is -0.322. The van der Waals surface area contributed by atoms with Gasteiger partial charge in [0, 0.05) is 0 Å². The highest BCUT2D eigenvalue weighted by Gasteiger charge is 2.31. The van der Waals surface area contributed by atoms with E-state index >= 15 is 0 Å². The van der Waals surface area contributed by atoms with Gasteiger partial charge in [-0.15, -0.1) is 0 Å². The SMILES string of the molecule is Cc1ccc(N2C[C@H](CCN)OC2=O)cc1F. The Balaban J connectivity index is 2.17. The van der Waals surface area contributed by atoms with Crippen molar-refractivity contribution in [2.45, 2.75) is 19.4 Å². The van der Waals surface area contributed by atoms with Gasteiger partial charge in [-0.05, 0) is 37.6 Å². The zero-order chi connectivity index (χ0) is 12.4. The number of rotatable bonds is 3. The molecule has 92 valence electrons. The van der Waals surface area contributed by atoms with Crippen molar-refractivity contribution in [3.8, 4) is 0 Å². The summed E-state index contributed by atoms with van der Waals surface area (Å²) >= 11 is 0. The van der Waals surface area contributed by atoms with E-state index in [0.29, 0.717) is 30.8 Å². The molecule has 1 atom stereocenters. The third-order valence-corrected chi connectivity index (χ3v) is 2.83. The van der Waals surface area contributed by atoms with Crippen LogP contribution in [0.4, 0.5) is 14.9 Å². The van der Waals surface area contributed by atoms with Gasteiger partial charge in [0.15, 0.2) is 0 Å². The zero-order valence-electron chi connectivity index (χ0n) is 9.65.